The smallest absolute Gasteiger partial charge is 0.243 e. The van der Waals surface area contributed by atoms with Gasteiger partial charge in [-0.2, -0.15) is 4.31 Å². The van der Waals surface area contributed by atoms with Gasteiger partial charge in [0.15, 0.2) is 0 Å². The molecule has 0 aliphatic carbocycles. The summed E-state index contributed by atoms with van der Waals surface area (Å²) in [5.74, 6) is 0. The van der Waals surface area contributed by atoms with Crippen molar-refractivity contribution in [1.29, 1.82) is 0 Å². The van der Waals surface area contributed by atoms with Gasteiger partial charge < -0.3 is 10.2 Å². The highest BCUT2D eigenvalue weighted by molar-refractivity contribution is 7.89. The summed E-state index contributed by atoms with van der Waals surface area (Å²) in [6.45, 7) is 7.49. The van der Waals surface area contributed by atoms with E-state index in [0.717, 1.165) is 30.9 Å². The van der Waals surface area contributed by atoms with Crippen LogP contribution in [0.3, 0.4) is 0 Å². The largest absolute Gasteiger partial charge is 0.312 e. The highest BCUT2D eigenvalue weighted by Crippen LogP contribution is 2.22. The molecule has 0 aliphatic rings. The van der Waals surface area contributed by atoms with Crippen molar-refractivity contribution in [3.63, 3.8) is 0 Å². The molecule has 21 heavy (non-hydrogen) atoms. The first-order valence-electron chi connectivity index (χ1n) is 7.34. The zero-order valence-corrected chi connectivity index (χ0v) is 15.1. The van der Waals surface area contributed by atoms with Crippen molar-refractivity contribution in [2.24, 2.45) is 0 Å². The van der Waals surface area contributed by atoms with Crippen LogP contribution in [0.4, 0.5) is 0 Å². The minimum Gasteiger partial charge on any atom is -0.312 e. The van der Waals surface area contributed by atoms with Crippen LogP contribution >= 0.6 is 11.3 Å². The number of hydrogen-bond acceptors (Lipinski definition) is 5. The standard InChI is InChI=1S/C14H27N3O2S2/c1-5-15-11-13-10-14(12-20-13)21(18,19)17(6-2)9-7-8-16(3)4/h10,12,15H,5-9,11H2,1-4H3. The lowest BCUT2D eigenvalue weighted by atomic mass is 10.4. The van der Waals surface area contributed by atoms with E-state index >= 15 is 0 Å². The first-order valence-corrected chi connectivity index (χ1v) is 9.66. The molecule has 1 aromatic heterocycles. The van der Waals surface area contributed by atoms with Crippen LogP contribution in [0, 0.1) is 0 Å². The van der Waals surface area contributed by atoms with Crippen LogP contribution in [0.5, 0.6) is 0 Å². The first kappa shape index (κ1) is 18.6. The molecule has 0 amide bonds. The number of hydrogen-bond donors (Lipinski definition) is 1. The summed E-state index contributed by atoms with van der Waals surface area (Å²) in [6, 6.07) is 1.79. The van der Waals surface area contributed by atoms with Crippen molar-refractivity contribution >= 4 is 21.4 Å². The van der Waals surface area contributed by atoms with E-state index in [2.05, 4.69) is 10.2 Å². The molecule has 7 heteroatoms. The van der Waals surface area contributed by atoms with Crippen LogP contribution < -0.4 is 5.32 Å². The average Bonchev–Trinajstić information content (AvgIpc) is 2.90. The first-order chi connectivity index (χ1) is 9.91. The van der Waals surface area contributed by atoms with Crippen molar-refractivity contribution < 1.29 is 8.42 Å². The normalized spacial score (nSPS) is 12.5. The molecule has 0 unspecified atom stereocenters. The van der Waals surface area contributed by atoms with Gasteiger partial charge in [-0.15, -0.1) is 11.3 Å². The summed E-state index contributed by atoms with van der Waals surface area (Å²) in [5.41, 5.74) is 0. The molecule has 5 nitrogen and oxygen atoms in total. The molecule has 0 atom stereocenters. The lowest BCUT2D eigenvalue weighted by molar-refractivity contribution is 0.356. The Bertz CT molecular complexity index is 512. The Kier molecular flexibility index (Phi) is 7.83. The van der Waals surface area contributed by atoms with Gasteiger partial charge in [-0.25, -0.2) is 8.42 Å². The summed E-state index contributed by atoms with van der Waals surface area (Å²) in [6.07, 6.45) is 0.842. The Labute approximate surface area is 133 Å². The number of rotatable bonds is 10. The molecule has 122 valence electrons. The van der Waals surface area contributed by atoms with Crippen LogP contribution in [0.1, 0.15) is 25.1 Å². The minimum atomic E-state index is -3.36. The van der Waals surface area contributed by atoms with Crippen LogP contribution in [0.2, 0.25) is 0 Å². The summed E-state index contributed by atoms with van der Waals surface area (Å²) in [7, 11) is 0.638. The quantitative estimate of drug-likeness (QED) is 0.710. The SMILES string of the molecule is CCNCc1cc(S(=O)(=O)N(CC)CCCN(C)C)cs1. The van der Waals surface area contributed by atoms with Gasteiger partial charge in [0, 0.05) is 29.9 Å². The zero-order chi connectivity index (χ0) is 15.9. The van der Waals surface area contributed by atoms with Crippen LogP contribution in [-0.4, -0.2) is 57.9 Å². The van der Waals surface area contributed by atoms with E-state index in [1.165, 1.54) is 11.3 Å². The number of sulfonamides is 1. The Hall–Kier alpha value is -0.470. The van der Waals surface area contributed by atoms with Crippen molar-refractivity contribution in [3.8, 4) is 0 Å². The molecule has 1 N–H and O–H groups in total. The number of nitrogens with one attached hydrogen (secondary N) is 1. The molecule has 1 heterocycles. The second-order valence-corrected chi connectivity index (χ2v) is 8.12. The molecular formula is C14H27N3O2S2. The van der Waals surface area contributed by atoms with Gasteiger partial charge in [-0.1, -0.05) is 13.8 Å². The summed E-state index contributed by atoms with van der Waals surface area (Å²) >= 11 is 1.50. The Morgan fingerprint density at radius 2 is 1.95 bits per heavy atom. The average molecular weight is 334 g/mol. The number of nitrogens with zero attached hydrogens (tertiary/aromatic N) is 2. The van der Waals surface area contributed by atoms with Crippen molar-refractivity contribution in [2.75, 3.05) is 40.3 Å². The molecular weight excluding hydrogens is 306 g/mol. The van der Waals surface area contributed by atoms with Gasteiger partial charge in [0.25, 0.3) is 0 Å². The molecule has 0 spiro atoms. The van der Waals surface area contributed by atoms with Gasteiger partial charge >= 0.3 is 0 Å². The fourth-order valence-electron chi connectivity index (χ4n) is 2.00. The highest BCUT2D eigenvalue weighted by atomic mass is 32.2. The Morgan fingerprint density at radius 1 is 1.24 bits per heavy atom. The summed E-state index contributed by atoms with van der Waals surface area (Å²) < 4.78 is 26.8. The van der Waals surface area contributed by atoms with Gasteiger partial charge in [0.05, 0.1) is 4.90 Å². The predicted molar refractivity (Wildman–Crippen MR) is 89.3 cm³/mol. The molecule has 0 aromatic carbocycles. The molecule has 0 saturated carbocycles. The van der Waals surface area contributed by atoms with Crippen LogP contribution in [0.25, 0.3) is 0 Å². The van der Waals surface area contributed by atoms with E-state index in [4.69, 9.17) is 0 Å². The topological polar surface area (TPSA) is 52.7 Å². The third-order valence-corrected chi connectivity index (χ3v) is 6.22. The van der Waals surface area contributed by atoms with Gasteiger partial charge in [-0.3, -0.25) is 0 Å². The van der Waals surface area contributed by atoms with Crippen LogP contribution in [0.15, 0.2) is 16.3 Å². The van der Waals surface area contributed by atoms with E-state index < -0.39 is 10.0 Å². The number of thiophene rings is 1. The predicted octanol–water partition coefficient (Wildman–Crippen LogP) is 1.82. The Morgan fingerprint density at radius 3 is 2.52 bits per heavy atom. The van der Waals surface area contributed by atoms with E-state index in [0.29, 0.717) is 18.0 Å². The molecule has 1 rings (SSSR count). The maximum absolute atomic E-state index is 12.6. The third-order valence-electron chi connectivity index (χ3n) is 3.18. The molecule has 0 aliphatic heterocycles. The van der Waals surface area contributed by atoms with Gasteiger partial charge in [0.1, 0.15) is 0 Å². The van der Waals surface area contributed by atoms with Crippen molar-refractivity contribution in [1.82, 2.24) is 14.5 Å². The van der Waals surface area contributed by atoms with E-state index in [1.807, 2.05) is 27.9 Å². The minimum absolute atomic E-state index is 0.423. The fourth-order valence-corrected chi connectivity index (χ4v) is 4.72. The second kappa shape index (κ2) is 8.85. The molecule has 0 fully saturated rings. The third kappa shape index (κ3) is 5.67. The van der Waals surface area contributed by atoms with E-state index in [-0.39, 0.29) is 0 Å². The van der Waals surface area contributed by atoms with Crippen molar-refractivity contribution in [2.45, 2.75) is 31.7 Å². The van der Waals surface area contributed by atoms with Gasteiger partial charge in [-0.05, 0) is 39.7 Å². The fraction of sp³-hybridized carbons (Fsp3) is 0.714. The maximum Gasteiger partial charge on any atom is 0.243 e. The maximum atomic E-state index is 12.6. The van der Waals surface area contributed by atoms with Gasteiger partial charge in [0.2, 0.25) is 10.0 Å². The lowest BCUT2D eigenvalue weighted by Gasteiger charge is -2.20. The second-order valence-electron chi connectivity index (χ2n) is 5.18. The molecule has 1 aromatic rings. The highest BCUT2D eigenvalue weighted by Gasteiger charge is 2.23. The lowest BCUT2D eigenvalue weighted by Crippen LogP contribution is -2.33. The Balaban J connectivity index is 2.74. The molecule has 0 saturated heterocycles. The van der Waals surface area contributed by atoms with Crippen molar-refractivity contribution in [3.05, 3.63) is 16.3 Å². The van der Waals surface area contributed by atoms with E-state index in [9.17, 15) is 8.42 Å². The summed E-state index contributed by atoms with van der Waals surface area (Å²) in [4.78, 5) is 3.55. The summed E-state index contributed by atoms with van der Waals surface area (Å²) in [5, 5.41) is 4.96. The van der Waals surface area contributed by atoms with Crippen LogP contribution in [-0.2, 0) is 16.6 Å². The molecule has 0 radical (unpaired) electrons. The zero-order valence-electron chi connectivity index (χ0n) is 13.4. The monoisotopic (exact) mass is 333 g/mol. The van der Waals surface area contributed by atoms with E-state index in [1.54, 1.807) is 15.8 Å². The molecule has 0 bridgehead atoms.